The number of amides is 1. The lowest BCUT2D eigenvalue weighted by Gasteiger charge is -2.26. The van der Waals surface area contributed by atoms with Crippen molar-refractivity contribution in [3.8, 4) is 5.75 Å². The van der Waals surface area contributed by atoms with Gasteiger partial charge >= 0.3 is 0 Å². The smallest absolute Gasteiger partial charge is 0.291 e. The first-order chi connectivity index (χ1) is 16.7. The van der Waals surface area contributed by atoms with Gasteiger partial charge in [-0.1, -0.05) is 68.8 Å². The second kappa shape index (κ2) is 8.42. The standard InChI is InChI=1S/C30H29NO4/c1-18-6-15-24-23(16-18)27(32)25-26(20-9-11-21(12-10-20)30(2,3)4)31(29(33)28(25)35-24)17-19-7-13-22(34-5)14-8-19/h6-16,26H,17H2,1-5H3. The van der Waals surface area contributed by atoms with E-state index in [1.165, 1.54) is 5.56 Å². The van der Waals surface area contributed by atoms with Crippen molar-refractivity contribution in [2.75, 3.05) is 7.11 Å². The molecule has 0 N–H and O–H groups in total. The number of nitrogens with zero attached hydrogens (tertiary/aromatic N) is 1. The number of ether oxygens (including phenoxy) is 1. The highest BCUT2D eigenvalue weighted by molar-refractivity contribution is 5.99. The first kappa shape index (κ1) is 22.9. The predicted octanol–water partition coefficient (Wildman–Crippen LogP) is 6.15. The highest BCUT2D eigenvalue weighted by atomic mass is 16.5. The van der Waals surface area contributed by atoms with Gasteiger partial charge in [0.1, 0.15) is 11.3 Å². The van der Waals surface area contributed by atoms with Crippen LogP contribution in [-0.4, -0.2) is 17.9 Å². The zero-order valence-corrected chi connectivity index (χ0v) is 20.7. The van der Waals surface area contributed by atoms with Gasteiger partial charge in [-0.2, -0.15) is 0 Å². The normalized spacial score (nSPS) is 15.5. The van der Waals surface area contributed by atoms with Crippen molar-refractivity contribution in [2.24, 2.45) is 0 Å². The molecule has 0 radical (unpaired) electrons. The molecular formula is C30H29NO4. The van der Waals surface area contributed by atoms with Gasteiger partial charge in [-0.3, -0.25) is 9.59 Å². The SMILES string of the molecule is COc1ccc(CN2C(=O)c3oc4ccc(C)cc4c(=O)c3C2c2ccc(C(C)(C)C)cc2)cc1. The number of benzene rings is 3. The Morgan fingerprint density at radius 3 is 2.26 bits per heavy atom. The van der Waals surface area contributed by atoms with Crippen LogP contribution in [-0.2, 0) is 12.0 Å². The van der Waals surface area contributed by atoms with Crippen molar-refractivity contribution >= 4 is 16.9 Å². The van der Waals surface area contributed by atoms with Crippen LogP contribution >= 0.6 is 0 Å². The van der Waals surface area contributed by atoms with Crippen LogP contribution in [0.4, 0.5) is 0 Å². The third-order valence-electron chi connectivity index (χ3n) is 6.73. The summed E-state index contributed by atoms with van der Waals surface area (Å²) in [7, 11) is 1.62. The van der Waals surface area contributed by atoms with Crippen molar-refractivity contribution in [3.05, 3.63) is 111 Å². The van der Waals surface area contributed by atoms with Gasteiger partial charge in [0.05, 0.1) is 24.1 Å². The van der Waals surface area contributed by atoms with Gasteiger partial charge in [0.2, 0.25) is 5.76 Å². The van der Waals surface area contributed by atoms with E-state index in [9.17, 15) is 9.59 Å². The Labute approximate surface area is 205 Å². The number of carbonyl (C=O) groups is 1. The Morgan fingerprint density at radius 2 is 1.63 bits per heavy atom. The number of fused-ring (bicyclic) bond motifs is 2. The minimum Gasteiger partial charge on any atom is -0.497 e. The fourth-order valence-electron chi connectivity index (χ4n) is 4.74. The summed E-state index contributed by atoms with van der Waals surface area (Å²) >= 11 is 0. The molecule has 0 aliphatic carbocycles. The van der Waals surface area contributed by atoms with Crippen molar-refractivity contribution in [1.82, 2.24) is 4.90 Å². The molecule has 3 aromatic carbocycles. The first-order valence-electron chi connectivity index (χ1n) is 11.8. The Balaban J connectivity index is 1.67. The molecule has 1 atom stereocenters. The maximum Gasteiger partial charge on any atom is 0.291 e. The number of carbonyl (C=O) groups excluding carboxylic acids is 1. The summed E-state index contributed by atoms with van der Waals surface area (Å²) < 4.78 is 11.3. The minimum absolute atomic E-state index is 0.00251. The van der Waals surface area contributed by atoms with Crippen LogP contribution in [0.5, 0.6) is 5.75 Å². The molecule has 0 bridgehead atoms. The van der Waals surface area contributed by atoms with Crippen LogP contribution in [0.3, 0.4) is 0 Å². The number of aryl methyl sites for hydroxylation is 1. The molecule has 0 saturated heterocycles. The molecule has 4 aromatic rings. The Morgan fingerprint density at radius 1 is 0.943 bits per heavy atom. The van der Waals surface area contributed by atoms with Gasteiger partial charge in [-0.25, -0.2) is 0 Å². The molecule has 2 heterocycles. The molecule has 5 rings (SSSR count). The third-order valence-corrected chi connectivity index (χ3v) is 6.73. The van der Waals surface area contributed by atoms with Crippen LogP contribution in [0.2, 0.25) is 0 Å². The molecule has 1 aliphatic rings. The Hall–Kier alpha value is -3.86. The fraction of sp³-hybridized carbons (Fsp3) is 0.267. The van der Waals surface area contributed by atoms with Gasteiger partial charge in [0.15, 0.2) is 5.43 Å². The first-order valence-corrected chi connectivity index (χ1v) is 11.8. The number of methoxy groups -OCH3 is 1. The van der Waals surface area contributed by atoms with Crippen LogP contribution in [0.15, 0.2) is 75.9 Å². The number of hydrogen-bond donors (Lipinski definition) is 0. The summed E-state index contributed by atoms with van der Waals surface area (Å²) in [6, 6.07) is 20.8. The van der Waals surface area contributed by atoms with E-state index < -0.39 is 6.04 Å². The van der Waals surface area contributed by atoms with Gasteiger partial charge < -0.3 is 14.1 Å². The summed E-state index contributed by atoms with van der Waals surface area (Å²) in [6.07, 6.45) is 0. The second-order valence-electron chi connectivity index (χ2n) is 10.2. The van der Waals surface area contributed by atoms with E-state index in [1.807, 2.05) is 55.5 Å². The largest absolute Gasteiger partial charge is 0.497 e. The molecule has 1 amide bonds. The van der Waals surface area contributed by atoms with Gasteiger partial charge in [-0.05, 0) is 53.3 Å². The molecule has 1 unspecified atom stereocenters. The molecule has 178 valence electrons. The molecular weight excluding hydrogens is 438 g/mol. The number of hydrogen-bond acceptors (Lipinski definition) is 4. The summed E-state index contributed by atoms with van der Waals surface area (Å²) in [5.74, 6) is 0.600. The molecule has 0 saturated carbocycles. The van der Waals surface area contributed by atoms with E-state index in [2.05, 4.69) is 32.9 Å². The van der Waals surface area contributed by atoms with Crippen LogP contribution in [0.25, 0.3) is 11.0 Å². The van der Waals surface area contributed by atoms with Crippen molar-refractivity contribution in [2.45, 2.75) is 45.7 Å². The monoisotopic (exact) mass is 467 g/mol. The van der Waals surface area contributed by atoms with Gasteiger partial charge in [0, 0.05) is 6.54 Å². The summed E-state index contributed by atoms with van der Waals surface area (Å²) in [6.45, 7) is 8.77. The van der Waals surface area contributed by atoms with E-state index >= 15 is 0 Å². The highest BCUT2D eigenvalue weighted by Crippen LogP contribution is 2.40. The van der Waals surface area contributed by atoms with Crippen molar-refractivity contribution in [3.63, 3.8) is 0 Å². The lowest BCUT2D eigenvalue weighted by molar-refractivity contribution is 0.0714. The third kappa shape index (κ3) is 4.01. The lowest BCUT2D eigenvalue weighted by atomic mass is 9.86. The lowest BCUT2D eigenvalue weighted by Crippen LogP contribution is -2.29. The average Bonchev–Trinajstić information content (AvgIpc) is 3.11. The molecule has 1 aliphatic heterocycles. The van der Waals surface area contributed by atoms with Gasteiger partial charge in [-0.15, -0.1) is 0 Å². The fourth-order valence-corrected chi connectivity index (χ4v) is 4.74. The maximum atomic E-state index is 13.8. The summed E-state index contributed by atoms with van der Waals surface area (Å²) in [5.41, 5.74) is 4.67. The average molecular weight is 468 g/mol. The van der Waals surface area contributed by atoms with E-state index in [-0.39, 0.29) is 22.5 Å². The summed E-state index contributed by atoms with van der Waals surface area (Å²) in [5, 5.41) is 0.499. The van der Waals surface area contributed by atoms with E-state index in [0.29, 0.717) is 23.1 Å². The molecule has 1 aromatic heterocycles. The number of rotatable bonds is 4. The molecule has 35 heavy (non-hydrogen) atoms. The van der Waals surface area contributed by atoms with E-state index in [0.717, 1.165) is 22.4 Å². The topological polar surface area (TPSA) is 59.8 Å². The van der Waals surface area contributed by atoms with Crippen LogP contribution in [0.1, 0.15) is 65.2 Å². The Bertz CT molecular complexity index is 1470. The Kier molecular flexibility index (Phi) is 5.51. The van der Waals surface area contributed by atoms with Gasteiger partial charge in [0.25, 0.3) is 5.91 Å². The molecule has 0 spiro atoms. The van der Waals surface area contributed by atoms with E-state index in [1.54, 1.807) is 18.1 Å². The zero-order chi connectivity index (χ0) is 24.9. The zero-order valence-electron chi connectivity index (χ0n) is 20.7. The molecule has 5 heteroatoms. The second-order valence-corrected chi connectivity index (χ2v) is 10.2. The van der Waals surface area contributed by atoms with E-state index in [4.69, 9.17) is 9.15 Å². The van der Waals surface area contributed by atoms with Crippen molar-refractivity contribution < 1.29 is 13.9 Å². The maximum absolute atomic E-state index is 13.8. The van der Waals surface area contributed by atoms with Crippen LogP contribution in [0, 0.1) is 6.92 Å². The summed E-state index contributed by atoms with van der Waals surface area (Å²) in [4.78, 5) is 29.2. The predicted molar refractivity (Wildman–Crippen MR) is 137 cm³/mol. The highest BCUT2D eigenvalue weighted by Gasteiger charge is 2.42. The molecule has 5 nitrogen and oxygen atoms in total. The quantitative estimate of drug-likeness (QED) is 0.361. The van der Waals surface area contributed by atoms with Crippen molar-refractivity contribution in [1.29, 1.82) is 0 Å². The molecule has 0 fully saturated rings. The minimum atomic E-state index is -0.533. The van der Waals surface area contributed by atoms with Crippen LogP contribution < -0.4 is 10.2 Å².